The predicted molar refractivity (Wildman–Crippen MR) is 117 cm³/mol. The van der Waals surface area contributed by atoms with E-state index in [9.17, 15) is 5.26 Å². The molecule has 0 unspecified atom stereocenters. The zero-order valence-electron chi connectivity index (χ0n) is 16.8. The Labute approximate surface area is 181 Å². The minimum Gasteiger partial charge on any atom is -0.493 e. The van der Waals surface area contributed by atoms with E-state index in [0.29, 0.717) is 34.5 Å². The second-order valence-corrected chi connectivity index (χ2v) is 7.78. The lowest BCUT2D eigenvalue weighted by molar-refractivity contribution is -0.374. The van der Waals surface area contributed by atoms with E-state index in [-0.39, 0.29) is 0 Å². The average molecular weight is 421 g/mol. The monoisotopic (exact) mass is 420 g/mol. The minimum absolute atomic E-state index is 0.402. The van der Waals surface area contributed by atoms with E-state index in [0.717, 1.165) is 48.1 Å². The van der Waals surface area contributed by atoms with Crippen LogP contribution in [0.2, 0.25) is 5.02 Å². The number of ether oxygens (including phenoxy) is 2. The molecule has 0 radical (unpaired) electrons. The number of pyridine rings is 1. The van der Waals surface area contributed by atoms with Crippen molar-refractivity contribution in [1.29, 1.82) is 5.26 Å². The molecule has 0 bridgehead atoms. The summed E-state index contributed by atoms with van der Waals surface area (Å²) in [6.07, 6.45) is 4.09. The summed E-state index contributed by atoms with van der Waals surface area (Å²) < 4.78 is 11.6. The van der Waals surface area contributed by atoms with Crippen molar-refractivity contribution in [2.24, 2.45) is 0 Å². The lowest BCUT2D eigenvalue weighted by atomic mass is 9.86. The van der Waals surface area contributed by atoms with Crippen LogP contribution in [0.3, 0.4) is 0 Å². The number of aromatic nitrogens is 1. The van der Waals surface area contributed by atoms with Crippen LogP contribution in [0.4, 0.5) is 5.82 Å². The highest BCUT2D eigenvalue weighted by Gasteiger charge is 2.25. The largest absolute Gasteiger partial charge is 0.493 e. The number of aromatic amines is 1. The highest BCUT2D eigenvalue weighted by molar-refractivity contribution is 6.30. The van der Waals surface area contributed by atoms with E-state index >= 15 is 0 Å². The topological polar surface area (TPSA) is 82.4 Å². The molecule has 0 aliphatic heterocycles. The quantitative estimate of drug-likeness (QED) is 0.646. The Morgan fingerprint density at radius 1 is 1.10 bits per heavy atom. The van der Waals surface area contributed by atoms with Crippen molar-refractivity contribution in [2.45, 2.75) is 32.3 Å². The molecule has 3 aromatic rings. The maximum absolute atomic E-state index is 9.76. The van der Waals surface area contributed by atoms with Crippen LogP contribution in [0.5, 0.6) is 11.5 Å². The number of nitrogens with zero attached hydrogens (tertiary/aromatic N) is 1. The SMILES string of the molecule is COc1cc(-c2c(C#N)c(N)[nH+]c3c2CCCC3)ccc1OCc1ccc(Cl)cc1. The third-order valence-corrected chi connectivity index (χ3v) is 5.70. The molecule has 5 nitrogen and oxygen atoms in total. The number of hydrogen-bond donors (Lipinski definition) is 1. The van der Waals surface area contributed by atoms with Crippen LogP contribution in [-0.4, -0.2) is 7.11 Å². The summed E-state index contributed by atoms with van der Waals surface area (Å²) in [5.74, 6) is 1.66. The summed E-state index contributed by atoms with van der Waals surface area (Å²) in [6.45, 7) is 0.402. The van der Waals surface area contributed by atoms with Gasteiger partial charge in [-0.2, -0.15) is 5.26 Å². The number of benzene rings is 2. The molecule has 0 atom stereocenters. The maximum atomic E-state index is 9.76. The van der Waals surface area contributed by atoms with Crippen LogP contribution in [0.1, 0.15) is 35.2 Å². The fourth-order valence-corrected chi connectivity index (χ4v) is 4.07. The third kappa shape index (κ3) is 3.92. The summed E-state index contributed by atoms with van der Waals surface area (Å²) in [6, 6.07) is 15.6. The molecule has 0 fully saturated rings. The lowest BCUT2D eigenvalue weighted by Crippen LogP contribution is -2.24. The average Bonchev–Trinajstić information content (AvgIpc) is 2.77. The van der Waals surface area contributed by atoms with Gasteiger partial charge < -0.3 is 9.47 Å². The number of nitrogen functional groups attached to an aromatic ring is 1. The number of halogens is 1. The second kappa shape index (κ2) is 8.64. The number of H-pyrrole nitrogens is 1. The number of fused-ring (bicyclic) bond motifs is 1. The number of methoxy groups -OCH3 is 1. The first kappa shape index (κ1) is 20.1. The Morgan fingerprint density at radius 2 is 1.87 bits per heavy atom. The standard InChI is InChI=1S/C24H22ClN3O2/c1-29-22-12-16(8-11-21(22)30-14-15-6-9-17(25)10-7-15)23-18-4-2-3-5-20(18)28-24(27)19(23)13-26/h6-12H,2-5,14H2,1H3,(H2,27,28)/p+1. The molecular weight excluding hydrogens is 398 g/mol. The summed E-state index contributed by atoms with van der Waals surface area (Å²) in [5.41, 5.74) is 11.8. The van der Waals surface area contributed by atoms with Crippen LogP contribution in [0, 0.1) is 11.3 Å². The smallest absolute Gasteiger partial charge is 0.289 e. The Morgan fingerprint density at radius 3 is 2.60 bits per heavy atom. The molecular formula is C24H23ClN3O2+. The number of nitriles is 1. The van der Waals surface area contributed by atoms with Gasteiger partial charge in [0.1, 0.15) is 23.9 Å². The molecule has 0 saturated carbocycles. The van der Waals surface area contributed by atoms with E-state index < -0.39 is 0 Å². The molecule has 1 heterocycles. The van der Waals surface area contributed by atoms with E-state index in [1.165, 1.54) is 5.56 Å². The van der Waals surface area contributed by atoms with Crippen molar-refractivity contribution < 1.29 is 14.5 Å². The Hall–Kier alpha value is -3.23. The van der Waals surface area contributed by atoms with Gasteiger partial charge in [-0.25, -0.2) is 4.98 Å². The molecule has 30 heavy (non-hydrogen) atoms. The van der Waals surface area contributed by atoms with Crippen molar-refractivity contribution in [2.75, 3.05) is 12.8 Å². The van der Waals surface area contributed by atoms with Gasteiger partial charge in [-0.15, -0.1) is 0 Å². The molecule has 152 valence electrons. The molecule has 1 aliphatic rings. The van der Waals surface area contributed by atoms with Gasteiger partial charge >= 0.3 is 0 Å². The van der Waals surface area contributed by atoms with Gasteiger partial charge in [0.05, 0.1) is 7.11 Å². The van der Waals surface area contributed by atoms with Gasteiger partial charge in [0.2, 0.25) is 0 Å². The molecule has 0 spiro atoms. The van der Waals surface area contributed by atoms with Crippen molar-refractivity contribution >= 4 is 17.4 Å². The van der Waals surface area contributed by atoms with Gasteiger partial charge in [0.15, 0.2) is 11.5 Å². The maximum Gasteiger partial charge on any atom is 0.289 e. The highest BCUT2D eigenvalue weighted by atomic mass is 35.5. The third-order valence-electron chi connectivity index (χ3n) is 5.45. The number of nitrogens with one attached hydrogen (secondary N) is 1. The first-order chi connectivity index (χ1) is 14.6. The summed E-state index contributed by atoms with van der Waals surface area (Å²) in [5, 5.41) is 10.4. The van der Waals surface area contributed by atoms with Crippen molar-refractivity contribution in [1.82, 2.24) is 0 Å². The van der Waals surface area contributed by atoms with Gasteiger partial charge in [-0.1, -0.05) is 29.8 Å². The Balaban J connectivity index is 1.70. The van der Waals surface area contributed by atoms with Crippen LogP contribution in [0.15, 0.2) is 42.5 Å². The molecule has 1 aromatic heterocycles. The zero-order chi connectivity index (χ0) is 21.1. The molecule has 0 saturated heterocycles. The zero-order valence-corrected chi connectivity index (χ0v) is 17.6. The summed E-state index contributed by atoms with van der Waals surface area (Å²) >= 11 is 5.94. The van der Waals surface area contributed by atoms with Crippen LogP contribution in [-0.2, 0) is 19.4 Å². The Bertz CT molecular complexity index is 1120. The molecule has 4 rings (SSSR count). The summed E-state index contributed by atoms with van der Waals surface area (Å²) in [7, 11) is 1.61. The first-order valence-corrected chi connectivity index (χ1v) is 10.3. The predicted octanol–water partition coefficient (Wildman–Crippen LogP) is 4.74. The van der Waals surface area contributed by atoms with E-state index in [1.807, 2.05) is 42.5 Å². The minimum atomic E-state index is 0.402. The number of rotatable bonds is 5. The van der Waals surface area contributed by atoms with Gasteiger partial charge in [0.25, 0.3) is 5.82 Å². The molecule has 3 N–H and O–H groups in total. The number of anilines is 1. The second-order valence-electron chi connectivity index (χ2n) is 7.35. The van der Waals surface area contributed by atoms with Gasteiger partial charge in [-0.05, 0) is 54.7 Å². The van der Waals surface area contributed by atoms with Crippen molar-refractivity contribution in [3.05, 3.63) is 69.9 Å². The van der Waals surface area contributed by atoms with E-state index in [2.05, 4.69) is 11.1 Å². The van der Waals surface area contributed by atoms with Crippen LogP contribution >= 0.6 is 11.6 Å². The molecule has 2 aromatic carbocycles. The highest BCUT2D eigenvalue weighted by Crippen LogP contribution is 2.38. The number of aryl methyl sites for hydroxylation is 1. The van der Waals surface area contributed by atoms with Crippen molar-refractivity contribution in [3.63, 3.8) is 0 Å². The van der Waals surface area contributed by atoms with E-state index in [4.69, 9.17) is 26.8 Å². The van der Waals surface area contributed by atoms with Crippen LogP contribution in [0.25, 0.3) is 11.1 Å². The normalized spacial score (nSPS) is 12.7. The fourth-order valence-electron chi connectivity index (χ4n) is 3.95. The molecule has 0 amide bonds. The number of nitrogens with two attached hydrogens (primary N) is 1. The van der Waals surface area contributed by atoms with Gasteiger partial charge in [0, 0.05) is 22.6 Å². The lowest BCUT2D eigenvalue weighted by Gasteiger charge is -2.19. The number of hydrogen-bond acceptors (Lipinski definition) is 4. The van der Waals surface area contributed by atoms with Crippen molar-refractivity contribution in [3.8, 4) is 28.7 Å². The Kier molecular flexibility index (Phi) is 5.78. The molecule has 1 aliphatic carbocycles. The first-order valence-electron chi connectivity index (χ1n) is 9.93. The van der Waals surface area contributed by atoms with Gasteiger partial charge in [-0.3, -0.25) is 5.73 Å². The molecule has 6 heteroatoms. The van der Waals surface area contributed by atoms with Crippen LogP contribution < -0.4 is 20.2 Å². The summed E-state index contributed by atoms with van der Waals surface area (Å²) in [4.78, 5) is 3.23. The fraction of sp³-hybridized carbons (Fsp3) is 0.250. The van der Waals surface area contributed by atoms with E-state index in [1.54, 1.807) is 7.11 Å².